The maximum Gasteiger partial charge on any atom is 0.0158 e. The highest BCUT2D eigenvalue weighted by atomic mass is 14.4. The van der Waals surface area contributed by atoms with Gasteiger partial charge in [-0.15, -0.1) is 0 Å². The van der Waals surface area contributed by atoms with Crippen LogP contribution in [-0.4, -0.2) is 0 Å². The van der Waals surface area contributed by atoms with E-state index < -0.39 is 0 Å². The van der Waals surface area contributed by atoms with Crippen LogP contribution in [0.25, 0.3) is 44.5 Å². The van der Waals surface area contributed by atoms with Crippen LogP contribution in [-0.2, 0) is 10.8 Å². The molecule has 0 heteroatoms. The molecule has 0 aromatic heterocycles. The minimum atomic E-state index is 0. The number of aryl methyl sites for hydroxylation is 3. The summed E-state index contributed by atoms with van der Waals surface area (Å²) in [5.74, 6) is 0. The molecule has 2 aliphatic rings. The Kier molecular flexibility index (Phi) is 13.8. The van der Waals surface area contributed by atoms with E-state index in [1.807, 2.05) is 37.3 Å². The monoisotopic (exact) mass is 770 g/mol. The van der Waals surface area contributed by atoms with Crippen molar-refractivity contribution in [3.63, 3.8) is 0 Å². The maximum atomic E-state index is 3.95. The van der Waals surface area contributed by atoms with Crippen LogP contribution in [0.3, 0.4) is 0 Å². The molecule has 0 heterocycles. The predicted molar refractivity (Wildman–Crippen MR) is 262 cm³/mol. The normalized spacial score (nSPS) is 13.9. The zero-order chi connectivity index (χ0) is 41.6. The Morgan fingerprint density at radius 1 is 0.458 bits per heavy atom. The van der Waals surface area contributed by atoms with Gasteiger partial charge in [-0.1, -0.05) is 235 Å². The number of allylic oxidation sites excluding steroid dienone is 9. The average Bonchev–Trinajstić information content (AvgIpc) is 3.59. The van der Waals surface area contributed by atoms with Crippen molar-refractivity contribution in [3.05, 3.63) is 240 Å². The summed E-state index contributed by atoms with van der Waals surface area (Å²) in [7, 11) is 0. The molecule has 0 aliphatic heterocycles. The lowest BCUT2D eigenvalue weighted by Gasteiger charge is -2.21. The van der Waals surface area contributed by atoms with Gasteiger partial charge in [0.2, 0.25) is 0 Å². The van der Waals surface area contributed by atoms with E-state index in [1.54, 1.807) is 6.08 Å². The van der Waals surface area contributed by atoms with Crippen molar-refractivity contribution in [1.29, 1.82) is 0 Å². The molecule has 2 aliphatic carbocycles. The second kappa shape index (κ2) is 18.6. The van der Waals surface area contributed by atoms with Gasteiger partial charge in [0.05, 0.1) is 0 Å². The zero-order valence-corrected chi connectivity index (χ0v) is 35.8. The third-order valence-electron chi connectivity index (χ3n) is 11.7. The Labute approximate surface area is 356 Å². The van der Waals surface area contributed by atoms with E-state index >= 15 is 0 Å². The zero-order valence-electron chi connectivity index (χ0n) is 35.8. The molecule has 0 unspecified atom stereocenters. The molecule has 0 saturated carbocycles. The lowest BCUT2D eigenvalue weighted by molar-refractivity contribution is 0.659. The van der Waals surface area contributed by atoms with Crippen LogP contribution in [0.15, 0.2) is 190 Å². The topological polar surface area (TPSA) is 0 Å². The second-order valence-corrected chi connectivity index (χ2v) is 16.5. The molecule has 0 bridgehead atoms. The van der Waals surface area contributed by atoms with Crippen molar-refractivity contribution in [2.24, 2.45) is 0 Å². The van der Waals surface area contributed by atoms with Gasteiger partial charge in [0, 0.05) is 10.8 Å². The van der Waals surface area contributed by atoms with Gasteiger partial charge < -0.3 is 0 Å². The molecule has 6 aromatic rings. The van der Waals surface area contributed by atoms with E-state index in [4.69, 9.17) is 0 Å². The standard InChI is InChI=1S/C29H28.C16H16.C13H14.CH4/c1-6-8-9-21(7-2)22-11-13-23(14-12-22)24-15-17-27-26(19-24)25-16-10-20(3)18-28(25)29(27,4)5;1-11-8-9-13-12-6-4-5-7-14(12)16(2,3)15(13)10-11;1-4-6-12(5-2)13-9-7-11(3)8-10-13;/h6-19H,2H2,1,3-5H3;4-10H,1-3H3;4-10H,1-2H2,3H3;1H4/b8-6-,21-9+;;12-6+;. The fraction of sp³-hybridized carbons (Fsp3) is 0.186. The largest absolute Gasteiger partial charge is 0.0990 e. The number of hydrogen-bond donors (Lipinski definition) is 0. The van der Waals surface area contributed by atoms with Crippen molar-refractivity contribution < 1.29 is 0 Å². The van der Waals surface area contributed by atoms with Crippen molar-refractivity contribution in [2.45, 2.75) is 73.6 Å². The summed E-state index contributed by atoms with van der Waals surface area (Å²) in [5, 5.41) is 0. The summed E-state index contributed by atoms with van der Waals surface area (Å²) in [6, 6.07) is 46.5. The molecular formula is C59H62. The smallest absolute Gasteiger partial charge is 0.0158 e. The van der Waals surface area contributed by atoms with Crippen molar-refractivity contribution >= 4 is 11.1 Å². The average molecular weight is 771 g/mol. The van der Waals surface area contributed by atoms with Gasteiger partial charge in [-0.25, -0.2) is 0 Å². The fourth-order valence-corrected chi connectivity index (χ4v) is 8.36. The SMILES string of the molecule is C.C=C/C(=C\C=C/C)c1ccc(-c2ccc3c(c2)-c2ccc(C)cc2C3(C)C)cc1.C=C/C=C(\C=C)c1ccc(C)cc1.Cc1ccc2c(c1)C(C)(C)c1ccccc1-2. The molecule has 8 rings (SSSR count). The Bertz CT molecular complexity index is 2560. The van der Waals surface area contributed by atoms with Crippen molar-refractivity contribution in [3.8, 4) is 33.4 Å². The maximum absolute atomic E-state index is 3.95. The lowest BCUT2D eigenvalue weighted by Crippen LogP contribution is -2.15. The van der Waals surface area contributed by atoms with Gasteiger partial charge in [-0.05, 0) is 112 Å². The number of hydrogen-bond acceptors (Lipinski definition) is 0. The third kappa shape index (κ3) is 9.09. The molecule has 0 radical (unpaired) electrons. The van der Waals surface area contributed by atoms with E-state index in [2.05, 4.69) is 202 Å². The minimum absolute atomic E-state index is 0. The predicted octanol–water partition coefficient (Wildman–Crippen LogP) is 16.8. The number of benzene rings is 6. The highest BCUT2D eigenvalue weighted by molar-refractivity contribution is 5.85. The van der Waals surface area contributed by atoms with Crippen LogP contribution in [0.2, 0.25) is 0 Å². The molecule has 0 amide bonds. The van der Waals surface area contributed by atoms with Gasteiger partial charge in [0.1, 0.15) is 0 Å². The first-order valence-electron chi connectivity index (χ1n) is 20.4. The van der Waals surface area contributed by atoms with E-state index in [-0.39, 0.29) is 18.3 Å². The fourth-order valence-electron chi connectivity index (χ4n) is 8.36. The first kappa shape index (κ1) is 43.9. The summed E-state index contributed by atoms with van der Waals surface area (Å²) >= 11 is 0. The molecule has 0 N–H and O–H groups in total. The third-order valence-corrected chi connectivity index (χ3v) is 11.7. The molecule has 0 nitrogen and oxygen atoms in total. The van der Waals surface area contributed by atoms with Crippen molar-refractivity contribution in [2.75, 3.05) is 0 Å². The van der Waals surface area contributed by atoms with Gasteiger partial charge in [-0.2, -0.15) is 0 Å². The number of fused-ring (bicyclic) bond motifs is 6. The van der Waals surface area contributed by atoms with Gasteiger partial charge in [-0.3, -0.25) is 0 Å². The molecular weight excluding hydrogens is 709 g/mol. The van der Waals surface area contributed by atoms with E-state index in [9.17, 15) is 0 Å². The molecule has 0 fully saturated rings. The molecule has 0 spiro atoms. The summed E-state index contributed by atoms with van der Waals surface area (Å²) < 4.78 is 0. The van der Waals surface area contributed by atoms with E-state index in [0.29, 0.717) is 0 Å². The van der Waals surface area contributed by atoms with Crippen LogP contribution >= 0.6 is 0 Å². The van der Waals surface area contributed by atoms with Crippen LogP contribution in [0.4, 0.5) is 0 Å². The van der Waals surface area contributed by atoms with Crippen LogP contribution in [0.5, 0.6) is 0 Å². The Balaban J connectivity index is 0.000000186. The lowest BCUT2D eigenvalue weighted by atomic mass is 9.82. The van der Waals surface area contributed by atoms with Crippen LogP contribution in [0.1, 0.15) is 92.1 Å². The quantitative estimate of drug-likeness (QED) is 0.142. The van der Waals surface area contributed by atoms with Gasteiger partial charge >= 0.3 is 0 Å². The van der Waals surface area contributed by atoms with Crippen molar-refractivity contribution in [1.82, 2.24) is 0 Å². The summed E-state index contributed by atoms with van der Waals surface area (Å²) in [5.41, 5.74) is 22.6. The Morgan fingerprint density at radius 3 is 1.46 bits per heavy atom. The molecule has 6 aromatic carbocycles. The second-order valence-electron chi connectivity index (χ2n) is 16.5. The highest BCUT2D eigenvalue weighted by Gasteiger charge is 2.36. The first-order valence-corrected chi connectivity index (χ1v) is 20.4. The Hall–Kier alpha value is -6.24. The molecule has 59 heavy (non-hydrogen) atoms. The van der Waals surface area contributed by atoms with Crippen LogP contribution < -0.4 is 0 Å². The molecule has 0 atom stereocenters. The summed E-state index contributed by atoms with van der Waals surface area (Å²) in [6.07, 6.45) is 13.7. The minimum Gasteiger partial charge on any atom is -0.0990 e. The van der Waals surface area contributed by atoms with Crippen LogP contribution in [0, 0.1) is 20.8 Å². The van der Waals surface area contributed by atoms with E-state index in [1.165, 1.54) is 83.5 Å². The number of rotatable bonds is 7. The summed E-state index contributed by atoms with van der Waals surface area (Å²) in [4.78, 5) is 0. The van der Waals surface area contributed by atoms with E-state index in [0.717, 1.165) is 11.1 Å². The van der Waals surface area contributed by atoms with Gasteiger partial charge in [0.15, 0.2) is 0 Å². The summed E-state index contributed by atoms with van der Waals surface area (Å²) in [6.45, 7) is 29.1. The molecule has 298 valence electrons. The Morgan fingerprint density at radius 2 is 0.915 bits per heavy atom. The first-order chi connectivity index (χ1) is 27.8. The van der Waals surface area contributed by atoms with Gasteiger partial charge in [0.25, 0.3) is 0 Å². The highest BCUT2D eigenvalue weighted by Crippen LogP contribution is 2.50. The molecule has 0 saturated heterocycles.